The summed E-state index contributed by atoms with van der Waals surface area (Å²) in [5, 5.41) is 10.4. The van der Waals surface area contributed by atoms with Crippen molar-refractivity contribution in [3.63, 3.8) is 0 Å². The van der Waals surface area contributed by atoms with Crippen LogP contribution in [0, 0.1) is 0 Å². The van der Waals surface area contributed by atoms with E-state index in [2.05, 4.69) is 55.8 Å². The number of aromatic nitrogens is 2. The molecule has 0 amide bonds. The Morgan fingerprint density at radius 3 is 3.00 bits per heavy atom. The highest BCUT2D eigenvalue weighted by Crippen LogP contribution is 2.45. The highest BCUT2D eigenvalue weighted by atomic mass is 15.4. The third-order valence-electron chi connectivity index (χ3n) is 4.86. The van der Waals surface area contributed by atoms with Gasteiger partial charge >= 0.3 is 0 Å². The van der Waals surface area contributed by atoms with E-state index in [1.165, 1.54) is 29.7 Å². The number of nitrogens with zero attached hydrogens (tertiary/aromatic N) is 2. The molecule has 1 unspecified atom stereocenters. The maximum absolute atomic E-state index is 4.54. The second kappa shape index (κ2) is 5.32. The molecule has 1 atom stereocenters. The smallest absolute Gasteiger partial charge is 0.229 e. The minimum Gasteiger partial charge on any atom is -0.370 e. The second-order valence-electron chi connectivity index (χ2n) is 6.78. The molecule has 1 fully saturated rings. The minimum absolute atomic E-state index is 0.284. The maximum atomic E-state index is 4.54. The lowest BCUT2D eigenvalue weighted by Crippen LogP contribution is -2.37. The molecule has 0 saturated heterocycles. The molecule has 124 valence electrons. The van der Waals surface area contributed by atoms with E-state index in [4.69, 9.17) is 0 Å². The number of rotatable bonds is 3. The standard InChI is InChI=1S/C17H21N7/c1-9-18-8-14-13(10-2-3-10)4-12(5-15(14)21-9)22-17-19-6-11-7-20-24-16(11)23-17/h4-6,9-10,18,20-21H,2-3,7-8H2,1H3,(H2,19,22,23,24). The van der Waals surface area contributed by atoms with Crippen LogP contribution in [0.3, 0.4) is 0 Å². The molecule has 7 nitrogen and oxygen atoms in total. The zero-order valence-corrected chi connectivity index (χ0v) is 13.6. The molecule has 2 aliphatic heterocycles. The third-order valence-corrected chi connectivity index (χ3v) is 4.86. The summed E-state index contributed by atoms with van der Waals surface area (Å²) in [6.07, 6.45) is 4.72. The summed E-state index contributed by atoms with van der Waals surface area (Å²) in [6, 6.07) is 4.43. The van der Waals surface area contributed by atoms with Gasteiger partial charge in [-0.15, -0.1) is 0 Å². The van der Waals surface area contributed by atoms with Crippen LogP contribution >= 0.6 is 0 Å². The van der Waals surface area contributed by atoms with Crippen LogP contribution in [-0.2, 0) is 13.1 Å². The van der Waals surface area contributed by atoms with E-state index in [0.29, 0.717) is 11.9 Å². The Morgan fingerprint density at radius 2 is 2.12 bits per heavy atom. The molecule has 0 bridgehead atoms. The van der Waals surface area contributed by atoms with Crippen molar-refractivity contribution in [3.8, 4) is 0 Å². The van der Waals surface area contributed by atoms with Gasteiger partial charge in [-0.3, -0.25) is 5.32 Å². The zero-order chi connectivity index (χ0) is 16.1. The minimum atomic E-state index is 0.284. The summed E-state index contributed by atoms with van der Waals surface area (Å²) < 4.78 is 0. The Kier molecular flexibility index (Phi) is 3.11. The molecule has 1 aromatic carbocycles. The van der Waals surface area contributed by atoms with E-state index in [1.54, 1.807) is 0 Å². The number of nitrogens with one attached hydrogen (secondary N) is 5. The molecule has 5 rings (SSSR count). The summed E-state index contributed by atoms with van der Waals surface area (Å²) in [7, 11) is 0. The second-order valence-corrected chi connectivity index (χ2v) is 6.78. The van der Waals surface area contributed by atoms with Gasteiger partial charge in [0, 0.05) is 36.2 Å². The van der Waals surface area contributed by atoms with Gasteiger partial charge in [-0.25, -0.2) is 10.4 Å². The van der Waals surface area contributed by atoms with Crippen LogP contribution in [0.15, 0.2) is 18.3 Å². The molecule has 24 heavy (non-hydrogen) atoms. The fraction of sp³-hybridized carbons (Fsp3) is 0.412. The molecule has 2 aromatic rings. The first-order valence-electron chi connectivity index (χ1n) is 8.55. The molecular weight excluding hydrogens is 302 g/mol. The summed E-state index contributed by atoms with van der Waals surface area (Å²) >= 11 is 0. The number of anilines is 4. The first-order chi connectivity index (χ1) is 11.8. The molecule has 0 spiro atoms. The van der Waals surface area contributed by atoms with Gasteiger partial charge in [-0.05, 0) is 48.9 Å². The van der Waals surface area contributed by atoms with Gasteiger partial charge in [0.1, 0.15) is 5.82 Å². The zero-order valence-electron chi connectivity index (χ0n) is 13.6. The van der Waals surface area contributed by atoms with E-state index in [-0.39, 0.29) is 6.17 Å². The van der Waals surface area contributed by atoms with Gasteiger partial charge in [0.2, 0.25) is 5.95 Å². The molecule has 3 heterocycles. The molecule has 0 radical (unpaired) electrons. The van der Waals surface area contributed by atoms with Crippen molar-refractivity contribution in [1.29, 1.82) is 0 Å². The van der Waals surface area contributed by atoms with Crippen molar-refractivity contribution in [2.24, 2.45) is 0 Å². The van der Waals surface area contributed by atoms with Crippen LogP contribution in [0.25, 0.3) is 0 Å². The van der Waals surface area contributed by atoms with Crippen molar-refractivity contribution in [1.82, 2.24) is 20.7 Å². The van der Waals surface area contributed by atoms with Gasteiger partial charge in [0.05, 0.1) is 6.17 Å². The van der Waals surface area contributed by atoms with Crippen molar-refractivity contribution in [2.75, 3.05) is 16.1 Å². The molecule has 7 heteroatoms. The monoisotopic (exact) mass is 323 g/mol. The topological polar surface area (TPSA) is 85.9 Å². The summed E-state index contributed by atoms with van der Waals surface area (Å²) in [5.41, 5.74) is 12.3. The van der Waals surface area contributed by atoms with Gasteiger partial charge < -0.3 is 16.1 Å². The SMILES string of the molecule is CC1NCc2c(cc(Nc3ncc4c(n3)NNC4)cc2C2CC2)N1. The van der Waals surface area contributed by atoms with Crippen LogP contribution < -0.4 is 26.8 Å². The normalized spacial score (nSPS) is 21.5. The lowest BCUT2D eigenvalue weighted by atomic mass is 9.98. The average Bonchev–Trinajstić information content (AvgIpc) is 3.31. The van der Waals surface area contributed by atoms with Crippen molar-refractivity contribution in [3.05, 3.63) is 35.0 Å². The Bertz CT molecular complexity index is 800. The van der Waals surface area contributed by atoms with Crippen LogP contribution in [-0.4, -0.2) is 16.1 Å². The van der Waals surface area contributed by atoms with Gasteiger partial charge in [0.15, 0.2) is 0 Å². The van der Waals surface area contributed by atoms with Crippen LogP contribution in [0.4, 0.5) is 23.1 Å². The Balaban J connectivity index is 1.49. The molecule has 3 aliphatic rings. The van der Waals surface area contributed by atoms with E-state index >= 15 is 0 Å². The summed E-state index contributed by atoms with van der Waals surface area (Å²) in [6.45, 7) is 3.83. The van der Waals surface area contributed by atoms with E-state index in [9.17, 15) is 0 Å². The van der Waals surface area contributed by atoms with Crippen molar-refractivity contribution < 1.29 is 0 Å². The van der Waals surface area contributed by atoms with Gasteiger partial charge in [-0.1, -0.05) is 0 Å². The predicted molar refractivity (Wildman–Crippen MR) is 94.1 cm³/mol. The maximum Gasteiger partial charge on any atom is 0.229 e. The van der Waals surface area contributed by atoms with Crippen LogP contribution in [0.5, 0.6) is 0 Å². The third kappa shape index (κ3) is 2.46. The Morgan fingerprint density at radius 1 is 1.21 bits per heavy atom. The van der Waals surface area contributed by atoms with Crippen LogP contribution in [0.2, 0.25) is 0 Å². The van der Waals surface area contributed by atoms with E-state index < -0.39 is 0 Å². The number of benzene rings is 1. The van der Waals surface area contributed by atoms with E-state index in [0.717, 1.165) is 30.2 Å². The fourth-order valence-corrected chi connectivity index (χ4v) is 3.45. The molecule has 1 aliphatic carbocycles. The van der Waals surface area contributed by atoms with Gasteiger partial charge in [-0.2, -0.15) is 4.98 Å². The first kappa shape index (κ1) is 14.0. The summed E-state index contributed by atoms with van der Waals surface area (Å²) in [5.74, 6) is 2.17. The van der Waals surface area contributed by atoms with E-state index in [1.807, 2.05) is 6.20 Å². The average molecular weight is 323 g/mol. The predicted octanol–water partition coefficient (Wildman–Crippen LogP) is 2.39. The first-order valence-corrected chi connectivity index (χ1v) is 8.55. The Labute approximate surface area is 140 Å². The number of fused-ring (bicyclic) bond motifs is 2. The number of hydrazine groups is 1. The largest absolute Gasteiger partial charge is 0.370 e. The highest BCUT2D eigenvalue weighted by Gasteiger charge is 2.29. The summed E-state index contributed by atoms with van der Waals surface area (Å²) in [4.78, 5) is 8.96. The highest BCUT2D eigenvalue weighted by molar-refractivity contribution is 5.69. The van der Waals surface area contributed by atoms with Gasteiger partial charge in [0.25, 0.3) is 0 Å². The number of hydrogen-bond donors (Lipinski definition) is 5. The lowest BCUT2D eigenvalue weighted by Gasteiger charge is -2.28. The van der Waals surface area contributed by atoms with Crippen LogP contribution in [0.1, 0.15) is 42.4 Å². The fourth-order valence-electron chi connectivity index (χ4n) is 3.45. The lowest BCUT2D eigenvalue weighted by molar-refractivity contribution is 0.576. The molecule has 5 N–H and O–H groups in total. The molecule has 1 saturated carbocycles. The molecular formula is C17H21N7. The Hall–Kier alpha value is -2.38. The van der Waals surface area contributed by atoms with Crippen molar-refractivity contribution in [2.45, 2.75) is 44.9 Å². The number of hydrogen-bond acceptors (Lipinski definition) is 7. The van der Waals surface area contributed by atoms with Crippen molar-refractivity contribution >= 4 is 23.1 Å². The quantitative estimate of drug-likeness (QED) is 0.593. The molecule has 1 aromatic heterocycles.